The Hall–Kier alpha value is -1.70. The van der Waals surface area contributed by atoms with Crippen LogP contribution < -0.4 is 5.32 Å². The molecule has 1 unspecified atom stereocenters. The minimum absolute atomic E-state index is 0.0211. The van der Waals surface area contributed by atoms with E-state index in [-0.39, 0.29) is 17.0 Å². The SMILES string of the molecule is CN1CC(Nc2ncc([N+](=O)[O-])s2)CCC1=O. The van der Waals surface area contributed by atoms with Gasteiger partial charge in [0.15, 0.2) is 5.13 Å². The summed E-state index contributed by atoms with van der Waals surface area (Å²) in [6.45, 7) is 0.603. The number of nitro groups is 1. The van der Waals surface area contributed by atoms with Crippen molar-refractivity contribution in [3.05, 3.63) is 16.3 Å². The number of likely N-dealkylation sites (tertiary alicyclic amines) is 1. The van der Waals surface area contributed by atoms with E-state index < -0.39 is 4.92 Å². The lowest BCUT2D eigenvalue weighted by molar-refractivity contribution is -0.380. The molecule has 1 aromatic heterocycles. The van der Waals surface area contributed by atoms with Crippen LogP contribution in [-0.2, 0) is 4.79 Å². The summed E-state index contributed by atoms with van der Waals surface area (Å²) in [7, 11) is 1.75. The lowest BCUT2D eigenvalue weighted by Gasteiger charge is -2.29. The van der Waals surface area contributed by atoms with Crippen molar-refractivity contribution in [2.75, 3.05) is 18.9 Å². The highest BCUT2D eigenvalue weighted by molar-refractivity contribution is 7.18. The van der Waals surface area contributed by atoms with E-state index in [1.807, 2.05) is 0 Å². The number of amides is 1. The molecule has 1 fully saturated rings. The summed E-state index contributed by atoms with van der Waals surface area (Å²) in [5.74, 6) is 0.133. The Morgan fingerprint density at radius 1 is 1.71 bits per heavy atom. The number of aromatic nitrogens is 1. The van der Waals surface area contributed by atoms with Gasteiger partial charge in [-0.15, -0.1) is 0 Å². The second-order valence-electron chi connectivity index (χ2n) is 3.91. The van der Waals surface area contributed by atoms with Crippen LogP contribution in [-0.4, -0.2) is 40.3 Å². The Labute approximate surface area is 102 Å². The number of piperidine rings is 1. The molecule has 92 valence electrons. The maximum absolute atomic E-state index is 11.3. The maximum atomic E-state index is 11.3. The van der Waals surface area contributed by atoms with Gasteiger partial charge >= 0.3 is 5.00 Å². The van der Waals surface area contributed by atoms with Crippen LogP contribution >= 0.6 is 11.3 Å². The molecule has 1 N–H and O–H groups in total. The summed E-state index contributed by atoms with van der Waals surface area (Å²) in [6.07, 6.45) is 2.48. The van der Waals surface area contributed by atoms with Crippen LogP contribution in [0.25, 0.3) is 0 Å². The van der Waals surface area contributed by atoms with E-state index in [0.717, 1.165) is 17.8 Å². The number of carbonyl (C=O) groups excluding carboxylic acids is 1. The van der Waals surface area contributed by atoms with Crippen molar-refractivity contribution in [2.24, 2.45) is 0 Å². The van der Waals surface area contributed by atoms with Gasteiger partial charge in [-0.05, 0) is 17.8 Å². The summed E-state index contributed by atoms with van der Waals surface area (Å²) in [5.41, 5.74) is 0. The molecule has 8 heteroatoms. The quantitative estimate of drug-likeness (QED) is 0.646. The predicted octanol–water partition coefficient (Wildman–Crippen LogP) is 1.08. The summed E-state index contributed by atoms with van der Waals surface area (Å²) in [5, 5.41) is 14.2. The summed E-state index contributed by atoms with van der Waals surface area (Å²) >= 11 is 1.01. The van der Waals surface area contributed by atoms with E-state index in [1.165, 1.54) is 6.20 Å². The third-order valence-electron chi connectivity index (χ3n) is 2.63. The Morgan fingerprint density at radius 2 is 2.47 bits per heavy atom. The van der Waals surface area contributed by atoms with Gasteiger partial charge in [-0.2, -0.15) is 0 Å². The molecule has 0 spiro atoms. The summed E-state index contributed by atoms with van der Waals surface area (Å²) in [4.78, 5) is 26.9. The first-order chi connectivity index (χ1) is 8.06. The molecular formula is C9H12N4O3S. The molecule has 7 nitrogen and oxygen atoms in total. The zero-order valence-electron chi connectivity index (χ0n) is 9.25. The normalized spacial score (nSPS) is 20.4. The molecule has 0 saturated carbocycles. The second kappa shape index (κ2) is 4.66. The lowest BCUT2D eigenvalue weighted by atomic mass is 10.1. The Kier molecular flexibility index (Phi) is 3.23. The number of rotatable bonds is 3. The van der Waals surface area contributed by atoms with Gasteiger partial charge in [-0.1, -0.05) is 0 Å². The number of likely N-dealkylation sites (N-methyl/N-ethyl adjacent to an activating group) is 1. The van der Waals surface area contributed by atoms with Crippen LogP contribution in [0.5, 0.6) is 0 Å². The number of hydrogen-bond acceptors (Lipinski definition) is 6. The lowest BCUT2D eigenvalue weighted by Crippen LogP contribution is -2.43. The first kappa shape index (κ1) is 11.8. The number of anilines is 1. The van der Waals surface area contributed by atoms with Crippen LogP contribution in [0.1, 0.15) is 12.8 Å². The largest absolute Gasteiger partial charge is 0.357 e. The molecular weight excluding hydrogens is 244 g/mol. The van der Waals surface area contributed by atoms with Gasteiger partial charge in [-0.3, -0.25) is 14.9 Å². The molecule has 1 aliphatic heterocycles. The molecule has 0 aliphatic carbocycles. The zero-order valence-corrected chi connectivity index (χ0v) is 10.1. The number of nitrogens with zero attached hydrogens (tertiary/aromatic N) is 3. The van der Waals surface area contributed by atoms with Crippen molar-refractivity contribution in [1.29, 1.82) is 0 Å². The molecule has 1 aromatic rings. The highest BCUT2D eigenvalue weighted by atomic mass is 32.1. The third-order valence-corrected chi connectivity index (χ3v) is 3.51. The van der Waals surface area contributed by atoms with E-state index >= 15 is 0 Å². The van der Waals surface area contributed by atoms with Gasteiger partial charge in [0.25, 0.3) is 0 Å². The number of carbonyl (C=O) groups is 1. The van der Waals surface area contributed by atoms with Crippen molar-refractivity contribution in [3.8, 4) is 0 Å². The van der Waals surface area contributed by atoms with Crippen LogP contribution in [0.15, 0.2) is 6.20 Å². The molecule has 0 aromatic carbocycles. The first-order valence-corrected chi connectivity index (χ1v) is 5.98. The first-order valence-electron chi connectivity index (χ1n) is 5.17. The van der Waals surface area contributed by atoms with Crippen LogP contribution in [0.2, 0.25) is 0 Å². The average molecular weight is 256 g/mol. The maximum Gasteiger partial charge on any atom is 0.345 e. The fourth-order valence-electron chi connectivity index (χ4n) is 1.72. The van der Waals surface area contributed by atoms with Gasteiger partial charge in [-0.25, -0.2) is 4.98 Å². The van der Waals surface area contributed by atoms with E-state index in [2.05, 4.69) is 10.3 Å². The van der Waals surface area contributed by atoms with Gasteiger partial charge in [0, 0.05) is 26.1 Å². The van der Waals surface area contributed by atoms with Crippen molar-refractivity contribution in [2.45, 2.75) is 18.9 Å². The third kappa shape index (κ3) is 2.70. The second-order valence-corrected chi connectivity index (χ2v) is 4.92. The highest BCUT2D eigenvalue weighted by Crippen LogP contribution is 2.26. The van der Waals surface area contributed by atoms with E-state index in [4.69, 9.17) is 0 Å². The highest BCUT2D eigenvalue weighted by Gasteiger charge is 2.23. The van der Waals surface area contributed by atoms with Gasteiger partial charge in [0.2, 0.25) is 5.91 Å². The molecule has 1 aliphatic rings. The molecule has 1 atom stereocenters. The molecule has 17 heavy (non-hydrogen) atoms. The van der Waals surface area contributed by atoms with Crippen LogP contribution in [0.3, 0.4) is 0 Å². The fourth-order valence-corrected chi connectivity index (χ4v) is 2.43. The van der Waals surface area contributed by atoms with E-state index in [1.54, 1.807) is 11.9 Å². The minimum Gasteiger partial charge on any atom is -0.357 e. The minimum atomic E-state index is -0.459. The molecule has 2 rings (SSSR count). The van der Waals surface area contributed by atoms with E-state index in [9.17, 15) is 14.9 Å². The topological polar surface area (TPSA) is 88.4 Å². The fraction of sp³-hybridized carbons (Fsp3) is 0.556. The van der Waals surface area contributed by atoms with Crippen molar-refractivity contribution < 1.29 is 9.72 Å². The molecule has 1 saturated heterocycles. The van der Waals surface area contributed by atoms with Gasteiger partial charge < -0.3 is 10.2 Å². The zero-order chi connectivity index (χ0) is 12.4. The van der Waals surface area contributed by atoms with Crippen molar-refractivity contribution in [3.63, 3.8) is 0 Å². The van der Waals surface area contributed by atoms with Crippen molar-refractivity contribution >= 4 is 27.4 Å². The van der Waals surface area contributed by atoms with E-state index in [0.29, 0.717) is 18.1 Å². The smallest absolute Gasteiger partial charge is 0.345 e. The predicted molar refractivity (Wildman–Crippen MR) is 63.1 cm³/mol. The Bertz CT molecular complexity index is 447. The Morgan fingerprint density at radius 3 is 3.06 bits per heavy atom. The standard InChI is InChI=1S/C9H12N4O3S/c1-12-5-6(2-3-7(12)14)11-9-10-4-8(17-9)13(15)16/h4,6H,2-3,5H2,1H3,(H,10,11). The monoisotopic (exact) mass is 256 g/mol. The Balaban J connectivity index is 1.96. The number of hydrogen-bond donors (Lipinski definition) is 1. The van der Waals surface area contributed by atoms with Crippen LogP contribution in [0, 0.1) is 10.1 Å². The molecule has 0 bridgehead atoms. The van der Waals surface area contributed by atoms with Crippen molar-refractivity contribution in [1.82, 2.24) is 9.88 Å². The van der Waals surface area contributed by atoms with Crippen LogP contribution in [0.4, 0.5) is 10.1 Å². The van der Waals surface area contributed by atoms with Gasteiger partial charge in [0.1, 0.15) is 6.20 Å². The summed E-state index contributed by atoms with van der Waals surface area (Å²) in [6, 6.07) is 0.114. The number of nitrogens with one attached hydrogen (secondary N) is 1. The molecule has 2 heterocycles. The molecule has 1 amide bonds. The molecule has 0 radical (unpaired) electrons. The number of thiazole rings is 1. The average Bonchev–Trinajstić information content (AvgIpc) is 2.72. The summed E-state index contributed by atoms with van der Waals surface area (Å²) < 4.78 is 0. The van der Waals surface area contributed by atoms with Gasteiger partial charge in [0.05, 0.1) is 4.92 Å².